The summed E-state index contributed by atoms with van der Waals surface area (Å²) in [6, 6.07) is 4.42. The molecule has 0 saturated heterocycles. The molecular weight excluding hydrogens is 256 g/mol. The van der Waals surface area contributed by atoms with Crippen LogP contribution in [0.4, 0.5) is 11.6 Å². The highest BCUT2D eigenvalue weighted by Crippen LogP contribution is 2.28. The van der Waals surface area contributed by atoms with E-state index in [0.29, 0.717) is 0 Å². The van der Waals surface area contributed by atoms with Gasteiger partial charge in [0.2, 0.25) is 0 Å². The Morgan fingerprint density at radius 1 is 1.21 bits per heavy atom. The Bertz CT molecular complexity index is 550. The third-order valence-electron chi connectivity index (χ3n) is 2.94. The van der Waals surface area contributed by atoms with Gasteiger partial charge in [0, 0.05) is 22.4 Å². The lowest BCUT2D eigenvalue weighted by atomic mass is 10.1. The minimum Gasteiger partial charge on any atom is -0.370 e. The minimum absolute atomic E-state index is 0.245. The molecule has 0 aromatic carbocycles. The van der Waals surface area contributed by atoms with E-state index in [0.717, 1.165) is 18.2 Å². The van der Waals surface area contributed by atoms with Crippen LogP contribution in [0.5, 0.6) is 0 Å². The maximum atomic E-state index is 4.26. The molecule has 0 fully saturated rings. The van der Waals surface area contributed by atoms with Crippen LogP contribution in [0.1, 0.15) is 35.2 Å². The van der Waals surface area contributed by atoms with E-state index >= 15 is 0 Å². The van der Waals surface area contributed by atoms with Gasteiger partial charge in [0.05, 0.1) is 6.04 Å². The molecule has 0 saturated carbocycles. The van der Waals surface area contributed by atoms with Crippen molar-refractivity contribution in [1.29, 1.82) is 0 Å². The first-order chi connectivity index (χ1) is 9.10. The van der Waals surface area contributed by atoms with Gasteiger partial charge in [0.15, 0.2) is 0 Å². The van der Waals surface area contributed by atoms with Gasteiger partial charge in [-0.15, -0.1) is 11.3 Å². The van der Waals surface area contributed by atoms with E-state index in [1.165, 1.54) is 15.3 Å². The maximum absolute atomic E-state index is 4.26. The molecule has 0 radical (unpaired) electrons. The average molecular weight is 276 g/mol. The van der Waals surface area contributed by atoms with E-state index in [4.69, 9.17) is 0 Å². The van der Waals surface area contributed by atoms with Gasteiger partial charge in [0.1, 0.15) is 18.0 Å². The summed E-state index contributed by atoms with van der Waals surface area (Å²) in [5, 5.41) is 6.61. The van der Waals surface area contributed by atoms with Crippen molar-refractivity contribution in [3.05, 3.63) is 33.8 Å². The zero-order valence-electron chi connectivity index (χ0n) is 11.8. The summed E-state index contributed by atoms with van der Waals surface area (Å²) in [5.41, 5.74) is 1.34. The zero-order valence-corrected chi connectivity index (χ0v) is 12.6. The summed E-state index contributed by atoms with van der Waals surface area (Å²) in [4.78, 5) is 11.1. The van der Waals surface area contributed by atoms with E-state index < -0.39 is 0 Å². The van der Waals surface area contributed by atoms with Crippen molar-refractivity contribution in [2.24, 2.45) is 0 Å². The lowest BCUT2D eigenvalue weighted by Gasteiger charge is -2.15. The van der Waals surface area contributed by atoms with Gasteiger partial charge in [-0.1, -0.05) is 0 Å². The van der Waals surface area contributed by atoms with Crippen LogP contribution in [0.3, 0.4) is 0 Å². The fourth-order valence-corrected chi connectivity index (χ4v) is 3.12. The highest BCUT2D eigenvalue weighted by atomic mass is 32.1. The van der Waals surface area contributed by atoms with Gasteiger partial charge in [-0.25, -0.2) is 9.97 Å². The normalized spacial score (nSPS) is 12.2. The molecular formula is C14H20N4S. The van der Waals surface area contributed by atoms with Crippen LogP contribution in [-0.4, -0.2) is 16.5 Å². The number of nitrogens with zero attached hydrogens (tertiary/aromatic N) is 2. The molecule has 4 nitrogen and oxygen atoms in total. The molecule has 2 aromatic rings. The Morgan fingerprint density at radius 3 is 2.58 bits per heavy atom. The smallest absolute Gasteiger partial charge is 0.131 e. The topological polar surface area (TPSA) is 49.8 Å². The first kappa shape index (κ1) is 13.8. The predicted octanol–water partition coefficient (Wildman–Crippen LogP) is 3.76. The van der Waals surface area contributed by atoms with Crippen LogP contribution in [0.15, 0.2) is 18.5 Å². The lowest BCUT2D eigenvalue weighted by molar-refractivity contribution is 0.869. The molecule has 1 unspecified atom stereocenters. The van der Waals surface area contributed by atoms with E-state index in [1.54, 1.807) is 6.33 Å². The summed E-state index contributed by atoms with van der Waals surface area (Å²) < 4.78 is 0. The number of thiophene rings is 1. The van der Waals surface area contributed by atoms with Crippen LogP contribution < -0.4 is 10.6 Å². The van der Waals surface area contributed by atoms with E-state index in [1.807, 2.05) is 17.4 Å². The molecule has 0 aliphatic rings. The number of hydrogen-bond donors (Lipinski definition) is 2. The van der Waals surface area contributed by atoms with Crippen molar-refractivity contribution in [2.75, 3.05) is 17.2 Å². The molecule has 2 rings (SSSR count). The quantitative estimate of drug-likeness (QED) is 0.873. The number of anilines is 2. The number of aromatic nitrogens is 2. The molecule has 0 aliphatic heterocycles. The Kier molecular flexibility index (Phi) is 4.37. The van der Waals surface area contributed by atoms with Gasteiger partial charge in [0.25, 0.3) is 0 Å². The number of aryl methyl sites for hydroxylation is 2. The molecule has 5 heteroatoms. The molecule has 19 heavy (non-hydrogen) atoms. The summed E-state index contributed by atoms with van der Waals surface area (Å²) in [7, 11) is 0. The number of rotatable bonds is 5. The summed E-state index contributed by atoms with van der Waals surface area (Å²) in [5.74, 6) is 1.70. The second-order valence-corrected chi connectivity index (χ2v) is 6.01. The highest BCUT2D eigenvalue weighted by Gasteiger charge is 2.11. The van der Waals surface area contributed by atoms with Crippen molar-refractivity contribution >= 4 is 23.0 Å². The highest BCUT2D eigenvalue weighted by molar-refractivity contribution is 7.12. The molecule has 0 aliphatic carbocycles. The molecule has 0 spiro atoms. The first-order valence-corrected chi connectivity index (χ1v) is 7.31. The minimum atomic E-state index is 0.245. The van der Waals surface area contributed by atoms with Crippen molar-refractivity contribution in [3.63, 3.8) is 0 Å². The van der Waals surface area contributed by atoms with Gasteiger partial charge in [-0.2, -0.15) is 0 Å². The lowest BCUT2D eigenvalue weighted by Crippen LogP contribution is -2.09. The molecule has 2 heterocycles. The maximum Gasteiger partial charge on any atom is 0.131 e. The molecule has 2 N–H and O–H groups in total. The molecule has 0 amide bonds. The van der Waals surface area contributed by atoms with E-state index in [-0.39, 0.29) is 6.04 Å². The first-order valence-electron chi connectivity index (χ1n) is 6.49. The summed E-state index contributed by atoms with van der Waals surface area (Å²) >= 11 is 1.83. The van der Waals surface area contributed by atoms with Crippen LogP contribution in [-0.2, 0) is 0 Å². The van der Waals surface area contributed by atoms with Crippen LogP contribution >= 0.6 is 11.3 Å². The molecule has 1 atom stereocenters. The largest absolute Gasteiger partial charge is 0.370 e. The standard InChI is InChI=1S/C14H20N4S/c1-5-15-13-7-14(17-8-16-13)18-10(3)12-6-9(2)19-11(12)4/h6-8,10H,5H2,1-4H3,(H2,15,16,17,18). The Balaban J connectivity index is 2.12. The molecule has 0 bridgehead atoms. The van der Waals surface area contributed by atoms with Crippen molar-refractivity contribution in [2.45, 2.75) is 33.7 Å². The van der Waals surface area contributed by atoms with E-state index in [9.17, 15) is 0 Å². The van der Waals surface area contributed by atoms with Gasteiger partial charge >= 0.3 is 0 Å². The fourth-order valence-electron chi connectivity index (χ4n) is 2.09. The molecule has 2 aromatic heterocycles. The zero-order chi connectivity index (χ0) is 13.8. The Labute approximate surface area is 118 Å². The van der Waals surface area contributed by atoms with Gasteiger partial charge in [-0.3, -0.25) is 0 Å². The predicted molar refractivity (Wildman–Crippen MR) is 82.0 cm³/mol. The van der Waals surface area contributed by atoms with Crippen LogP contribution in [0, 0.1) is 13.8 Å². The van der Waals surface area contributed by atoms with Crippen LogP contribution in [0.25, 0.3) is 0 Å². The summed E-state index contributed by atoms with van der Waals surface area (Å²) in [6.07, 6.45) is 1.58. The van der Waals surface area contributed by atoms with Crippen molar-refractivity contribution in [3.8, 4) is 0 Å². The van der Waals surface area contributed by atoms with Crippen molar-refractivity contribution < 1.29 is 0 Å². The third-order valence-corrected chi connectivity index (χ3v) is 3.92. The number of hydrogen-bond acceptors (Lipinski definition) is 5. The monoisotopic (exact) mass is 276 g/mol. The average Bonchev–Trinajstić information content (AvgIpc) is 2.69. The van der Waals surface area contributed by atoms with Gasteiger partial charge < -0.3 is 10.6 Å². The number of nitrogens with one attached hydrogen (secondary N) is 2. The second-order valence-electron chi connectivity index (χ2n) is 4.55. The van der Waals surface area contributed by atoms with Crippen LogP contribution in [0.2, 0.25) is 0 Å². The fraction of sp³-hybridized carbons (Fsp3) is 0.429. The SMILES string of the molecule is CCNc1cc(NC(C)c2cc(C)sc2C)ncn1. The second kappa shape index (κ2) is 6.02. The molecule has 102 valence electrons. The van der Waals surface area contributed by atoms with Gasteiger partial charge in [-0.05, 0) is 39.3 Å². The van der Waals surface area contributed by atoms with Crippen molar-refractivity contribution in [1.82, 2.24) is 9.97 Å². The Hall–Kier alpha value is -1.62. The third kappa shape index (κ3) is 3.44. The summed E-state index contributed by atoms with van der Waals surface area (Å²) in [6.45, 7) is 9.37. The Morgan fingerprint density at radius 2 is 1.95 bits per heavy atom. The van der Waals surface area contributed by atoms with E-state index in [2.05, 4.69) is 54.4 Å².